The molecule has 0 aliphatic heterocycles. The van der Waals surface area contributed by atoms with Gasteiger partial charge in [0.1, 0.15) is 0 Å². The first-order valence-electron chi connectivity index (χ1n) is 7.98. The Hall–Kier alpha value is -0.830. The Balaban J connectivity index is 1.80. The quantitative estimate of drug-likeness (QED) is 0.366. The molecule has 3 atom stereocenters. The Morgan fingerprint density at radius 1 is 1.22 bits per heavy atom. The molecule has 1 aliphatic rings. The van der Waals surface area contributed by atoms with E-state index < -0.39 is 0 Å². The highest BCUT2D eigenvalue weighted by Crippen LogP contribution is 2.49. The van der Waals surface area contributed by atoms with Gasteiger partial charge in [0.05, 0.1) is 15.0 Å². The van der Waals surface area contributed by atoms with Crippen molar-refractivity contribution in [3.63, 3.8) is 0 Å². The number of thiocarbonyl (C=S) groups is 1. The van der Waals surface area contributed by atoms with E-state index in [1.807, 2.05) is 24.3 Å². The molecule has 23 heavy (non-hydrogen) atoms. The zero-order chi connectivity index (χ0) is 17.0. The van der Waals surface area contributed by atoms with Crippen molar-refractivity contribution in [2.45, 2.75) is 39.2 Å². The predicted molar refractivity (Wildman–Crippen MR) is 106 cm³/mol. The molecule has 0 bridgehead atoms. The third-order valence-electron chi connectivity index (χ3n) is 4.30. The molecule has 1 saturated carbocycles. The molecule has 3 unspecified atom stereocenters. The minimum Gasteiger partial charge on any atom is -0.374 e. The van der Waals surface area contributed by atoms with Gasteiger partial charge in [-0.2, -0.15) is 0 Å². The molecule has 1 nitrogen and oxygen atoms in total. The van der Waals surface area contributed by atoms with Crippen LogP contribution >= 0.6 is 35.4 Å². The fraction of sp³-hybridized carbons (Fsp3) is 0.421. The number of benzene rings is 1. The van der Waals surface area contributed by atoms with Crippen LogP contribution in [0.2, 0.25) is 10.0 Å². The molecule has 0 heterocycles. The highest BCUT2D eigenvalue weighted by molar-refractivity contribution is 7.80. The SMILES string of the molecule is CC(C)C(C)NC(=S)C=CC=CC1CC1c1ccc(Cl)c(Cl)c1. The second kappa shape index (κ2) is 8.32. The summed E-state index contributed by atoms with van der Waals surface area (Å²) in [6, 6.07) is 6.30. The summed E-state index contributed by atoms with van der Waals surface area (Å²) in [5, 5.41) is 4.56. The number of halogens is 2. The van der Waals surface area contributed by atoms with Gasteiger partial charge in [0.2, 0.25) is 0 Å². The third-order valence-corrected chi connectivity index (χ3v) is 5.29. The van der Waals surface area contributed by atoms with E-state index >= 15 is 0 Å². The molecule has 0 amide bonds. The molecule has 1 fully saturated rings. The van der Waals surface area contributed by atoms with Gasteiger partial charge in [0.15, 0.2) is 0 Å². The zero-order valence-electron chi connectivity index (χ0n) is 13.7. The number of nitrogens with one attached hydrogen (secondary N) is 1. The summed E-state index contributed by atoms with van der Waals surface area (Å²) >= 11 is 17.3. The zero-order valence-corrected chi connectivity index (χ0v) is 16.1. The van der Waals surface area contributed by atoms with Crippen molar-refractivity contribution in [3.05, 3.63) is 58.1 Å². The second-order valence-electron chi connectivity index (χ2n) is 6.46. The van der Waals surface area contributed by atoms with Gasteiger partial charge < -0.3 is 5.32 Å². The van der Waals surface area contributed by atoms with Crippen molar-refractivity contribution in [2.75, 3.05) is 0 Å². The topological polar surface area (TPSA) is 12.0 Å². The smallest absolute Gasteiger partial charge is 0.0990 e. The van der Waals surface area contributed by atoms with Crippen LogP contribution in [-0.2, 0) is 0 Å². The maximum atomic E-state index is 6.08. The number of allylic oxidation sites excluding steroid dienone is 3. The van der Waals surface area contributed by atoms with E-state index in [1.54, 1.807) is 0 Å². The standard InChI is InChI=1S/C19H23Cl2NS/c1-12(2)13(3)22-19(23)7-5-4-6-14-10-16(14)15-8-9-17(20)18(21)11-15/h4-9,11-14,16H,10H2,1-3H3,(H,22,23). The van der Waals surface area contributed by atoms with Gasteiger partial charge >= 0.3 is 0 Å². The monoisotopic (exact) mass is 367 g/mol. The molecule has 4 heteroatoms. The molecule has 0 aromatic heterocycles. The molecule has 0 spiro atoms. The second-order valence-corrected chi connectivity index (χ2v) is 7.72. The minimum absolute atomic E-state index is 0.388. The van der Waals surface area contributed by atoms with Gasteiger partial charge in [0, 0.05) is 6.04 Å². The summed E-state index contributed by atoms with van der Waals surface area (Å²) in [4.78, 5) is 0.785. The Kier molecular flexibility index (Phi) is 6.70. The molecule has 1 aliphatic carbocycles. The Labute approximate surface area is 154 Å². The van der Waals surface area contributed by atoms with Gasteiger partial charge in [-0.1, -0.05) is 73.6 Å². The molecule has 1 N–H and O–H groups in total. The van der Waals surface area contributed by atoms with E-state index in [-0.39, 0.29) is 0 Å². The molecule has 1 aromatic carbocycles. The molecule has 1 aromatic rings. The molecular formula is C19H23Cl2NS. The van der Waals surface area contributed by atoms with E-state index in [1.165, 1.54) is 5.56 Å². The fourth-order valence-corrected chi connectivity index (χ4v) is 2.91. The van der Waals surface area contributed by atoms with Crippen LogP contribution in [0.1, 0.15) is 38.7 Å². The minimum atomic E-state index is 0.388. The lowest BCUT2D eigenvalue weighted by molar-refractivity contribution is 0.490. The summed E-state index contributed by atoms with van der Waals surface area (Å²) < 4.78 is 0. The van der Waals surface area contributed by atoms with Gasteiger partial charge in [-0.15, -0.1) is 0 Å². The molecule has 0 saturated heterocycles. The van der Waals surface area contributed by atoms with Gasteiger partial charge in [-0.3, -0.25) is 0 Å². The first-order chi connectivity index (χ1) is 10.9. The van der Waals surface area contributed by atoms with Crippen LogP contribution in [0.5, 0.6) is 0 Å². The summed E-state index contributed by atoms with van der Waals surface area (Å²) in [5.41, 5.74) is 1.26. The lowest BCUT2D eigenvalue weighted by Gasteiger charge is -2.17. The Morgan fingerprint density at radius 3 is 2.61 bits per heavy atom. The maximum absolute atomic E-state index is 6.08. The Morgan fingerprint density at radius 2 is 1.96 bits per heavy atom. The fourth-order valence-electron chi connectivity index (χ4n) is 2.34. The van der Waals surface area contributed by atoms with Gasteiger partial charge in [-0.05, 0) is 54.9 Å². The summed E-state index contributed by atoms with van der Waals surface area (Å²) in [5.74, 6) is 1.70. The molecule has 124 valence electrons. The average Bonchev–Trinajstić information content (AvgIpc) is 3.26. The van der Waals surface area contributed by atoms with Crippen LogP contribution in [0.15, 0.2) is 42.5 Å². The van der Waals surface area contributed by atoms with Crippen molar-refractivity contribution in [3.8, 4) is 0 Å². The van der Waals surface area contributed by atoms with Crippen molar-refractivity contribution in [1.29, 1.82) is 0 Å². The van der Waals surface area contributed by atoms with E-state index in [0.29, 0.717) is 33.8 Å². The van der Waals surface area contributed by atoms with Crippen molar-refractivity contribution < 1.29 is 0 Å². The van der Waals surface area contributed by atoms with E-state index in [0.717, 1.165) is 11.4 Å². The van der Waals surface area contributed by atoms with Crippen LogP contribution in [0.3, 0.4) is 0 Å². The largest absolute Gasteiger partial charge is 0.374 e. The highest BCUT2D eigenvalue weighted by Gasteiger charge is 2.36. The lowest BCUT2D eigenvalue weighted by atomic mass is 10.1. The van der Waals surface area contributed by atoms with E-state index in [9.17, 15) is 0 Å². The van der Waals surface area contributed by atoms with E-state index in [4.69, 9.17) is 35.4 Å². The average molecular weight is 368 g/mol. The number of rotatable bonds is 6. The highest BCUT2D eigenvalue weighted by atomic mass is 35.5. The lowest BCUT2D eigenvalue weighted by Crippen LogP contribution is -2.33. The van der Waals surface area contributed by atoms with Crippen molar-refractivity contribution in [1.82, 2.24) is 5.32 Å². The summed E-state index contributed by atoms with van der Waals surface area (Å²) in [6.07, 6.45) is 9.43. The van der Waals surface area contributed by atoms with Crippen molar-refractivity contribution in [2.24, 2.45) is 11.8 Å². The van der Waals surface area contributed by atoms with Crippen LogP contribution in [0, 0.1) is 11.8 Å². The molecular weight excluding hydrogens is 345 g/mol. The first kappa shape index (κ1) is 18.5. The van der Waals surface area contributed by atoms with Gasteiger partial charge in [-0.25, -0.2) is 0 Å². The number of hydrogen-bond acceptors (Lipinski definition) is 1. The third kappa shape index (κ3) is 5.63. The summed E-state index contributed by atoms with van der Waals surface area (Å²) in [6.45, 7) is 6.51. The molecule has 2 rings (SSSR count). The van der Waals surface area contributed by atoms with Crippen LogP contribution in [0.25, 0.3) is 0 Å². The normalized spacial score (nSPS) is 22.0. The van der Waals surface area contributed by atoms with Crippen molar-refractivity contribution >= 4 is 40.4 Å². The van der Waals surface area contributed by atoms with Crippen LogP contribution < -0.4 is 5.32 Å². The van der Waals surface area contributed by atoms with E-state index in [2.05, 4.69) is 44.3 Å². The molecule has 0 radical (unpaired) electrons. The maximum Gasteiger partial charge on any atom is 0.0990 e. The predicted octanol–water partition coefficient (Wildman–Crippen LogP) is 6.17. The van der Waals surface area contributed by atoms with Crippen LogP contribution in [0.4, 0.5) is 0 Å². The van der Waals surface area contributed by atoms with Gasteiger partial charge in [0.25, 0.3) is 0 Å². The number of hydrogen-bond donors (Lipinski definition) is 1. The van der Waals surface area contributed by atoms with Crippen LogP contribution in [-0.4, -0.2) is 11.0 Å². The summed E-state index contributed by atoms with van der Waals surface area (Å²) in [7, 11) is 0. The first-order valence-corrected chi connectivity index (χ1v) is 9.15. The Bertz CT molecular complexity index is 622.